The normalized spacial score (nSPS) is 10.8. The summed E-state index contributed by atoms with van der Waals surface area (Å²) in [6.07, 6.45) is 1.53. The van der Waals surface area contributed by atoms with Crippen molar-refractivity contribution >= 4 is 51.8 Å². The Morgan fingerprint density at radius 1 is 1.03 bits per heavy atom. The molecule has 0 bridgehead atoms. The molecule has 0 fully saturated rings. The van der Waals surface area contributed by atoms with E-state index in [0.29, 0.717) is 27.5 Å². The molecule has 4 rings (SSSR count). The van der Waals surface area contributed by atoms with Crippen molar-refractivity contribution in [2.75, 3.05) is 12.4 Å². The molecule has 0 radical (unpaired) electrons. The SMILES string of the molecule is CNC(=O)c1cc(Oc2ccc3c(c2)nc(Nc2ccc(Cl)c(Cl)c2)n3C)ccn1. The van der Waals surface area contributed by atoms with E-state index in [9.17, 15) is 4.79 Å². The van der Waals surface area contributed by atoms with Gasteiger partial charge in [-0.3, -0.25) is 9.78 Å². The number of pyridine rings is 1. The van der Waals surface area contributed by atoms with E-state index in [1.54, 1.807) is 31.3 Å². The molecule has 0 atom stereocenters. The molecule has 2 aromatic heterocycles. The van der Waals surface area contributed by atoms with Crippen molar-refractivity contribution in [3.8, 4) is 11.5 Å². The van der Waals surface area contributed by atoms with E-state index >= 15 is 0 Å². The van der Waals surface area contributed by atoms with Crippen LogP contribution >= 0.6 is 23.2 Å². The second-order valence-electron chi connectivity index (χ2n) is 6.46. The number of nitrogens with zero attached hydrogens (tertiary/aromatic N) is 3. The third-order valence-corrected chi connectivity index (χ3v) is 5.19. The van der Waals surface area contributed by atoms with Crippen LogP contribution in [0.4, 0.5) is 11.6 Å². The molecule has 30 heavy (non-hydrogen) atoms. The van der Waals surface area contributed by atoms with E-state index in [0.717, 1.165) is 16.7 Å². The first-order chi connectivity index (χ1) is 14.4. The molecule has 2 heterocycles. The van der Waals surface area contributed by atoms with Gasteiger partial charge in [-0.25, -0.2) is 4.98 Å². The van der Waals surface area contributed by atoms with Crippen molar-refractivity contribution in [3.63, 3.8) is 0 Å². The van der Waals surface area contributed by atoms with Gasteiger partial charge in [0.2, 0.25) is 5.95 Å². The van der Waals surface area contributed by atoms with Crippen LogP contribution < -0.4 is 15.4 Å². The summed E-state index contributed by atoms with van der Waals surface area (Å²) in [5, 5.41) is 6.73. The number of ether oxygens (including phenoxy) is 1. The number of aryl methyl sites for hydroxylation is 1. The van der Waals surface area contributed by atoms with Crippen molar-refractivity contribution in [2.45, 2.75) is 0 Å². The summed E-state index contributed by atoms with van der Waals surface area (Å²) >= 11 is 12.1. The van der Waals surface area contributed by atoms with E-state index in [1.807, 2.05) is 35.9 Å². The molecule has 0 unspecified atom stereocenters. The predicted molar refractivity (Wildman–Crippen MR) is 118 cm³/mol. The fourth-order valence-corrected chi connectivity index (χ4v) is 3.22. The molecule has 0 aliphatic carbocycles. The zero-order valence-electron chi connectivity index (χ0n) is 16.1. The molecule has 0 saturated carbocycles. The van der Waals surface area contributed by atoms with Crippen LogP contribution in [0.1, 0.15) is 10.5 Å². The van der Waals surface area contributed by atoms with E-state index in [1.165, 1.54) is 6.20 Å². The molecule has 2 aromatic carbocycles. The third-order valence-electron chi connectivity index (χ3n) is 4.45. The van der Waals surface area contributed by atoms with Gasteiger partial charge in [0, 0.05) is 38.1 Å². The number of halogens is 2. The van der Waals surface area contributed by atoms with Crippen LogP contribution in [0.15, 0.2) is 54.7 Å². The molecule has 4 aromatic rings. The highest BCUT2D eigenvalue weighted by Gasteiger charge is 2.11. The number of nitrogens with one attached hydrogen (secondary N) is 2. The number of imidazole rings is 1. The summed E-state index contributed by atoms with van der Waals surface area (Å²) in [6, 6.07) is 14.1. The molecule has 1 amide bonds. The highest BCUT2D eigenvalue weighted by atomic mass is 35.5. The summed E-state index contributed by atoms with van der Waals surface area (Å²) in [7, 11) is 3.46. The van der Waals surface area contributed by atoms with E-state index in [2.05, 4.69) is 20.6 Å². The minimum Gasteiger partial charge on any atom is -0.457 e. The number of carbonyl (C=O) groups is 1. The molecule has 0 saturated heterocycles. The molecule has 0 aliphatic heterocycles. The van der Waals surface area contributed by atoms with Crippen LogP contribution in [0.25, 0.3) is 11.0 Å². The maximum atomic E-state index is 11.8. The Hall–Kier alpha value is -3.29. The molecule has 7 nitrogen and oxygen atoms in total. The fraction of sp³-hybridized carbons (Fsp3) is 0.0952. The Balaban J connectivity index is 1.60. The largest absolute Gasteiger partial charge is 0.457 e. The Labute approximate surface area is 182 Å². The monoisotopic (exact) mass is 441 g/mol. The van der Waals surface area contributed by atoms with Crippen molar-refractivity contribution in [1.82, 2.24) is 19.9 Å². The Morgan fingerprint density at radius 2 is 1.83 bits per heavy atom. The van der Waals surface area contributed by atoms with Gasteiger partial charge in [-0.05, 0) is 36.4 Å². The van der Waals surface area contributed by atoms with Gasteiger partial charge in [-0.2, -0.15) is 0 Å². The van der Waals surface area contributed by atoms with Gasteiger partial charge < -0.3 is 19.9 Å². The highest BCUT2D eigenvalue weighted by molar-refractivity contribution is 6.42. The third kappa shape index (κ3) is 4.03. The molecule has 2 N–H and O–H groups in total. The lowest BCUT2D eigenvalue weighted by molar-refractivity contribution is 0.0958. The van der Waals surface area contributed by atoms with E-state index in [4.69, 9.17) is 27.9 Å². The zero-order valence-corrected chi connectivity index (χ0v) is 17.6. The zero-order chi connectivity index (χ0) is 21.3. The Morgan fingerprint density at radius 3 is 2.60 bits per heavy atom. The van der Waals surface area contributed by atoms with Crippen LogP contribution in [-0.2, 0) is 7.05 Å². The van der Waals surface area contributed by atoms with Gasteiger partial charge in [-0.15, -0.1) is 0 Å². The Kier molecular flexibility index (Phi) is 5.48. The summed E-state index contributed by atoms with van der Waals surface area (Å²) in [5.74, 6) is 1.47. The summed E-state index contributed by atoms with van der Waals surface area (Å²) in [5.41, 5.74) is 2.73. The molecular formula is C21H17Cl2N5O2. The van der Waals surface area contributed by atoms with E-state index < -0.39 is 0 Å². The predicted octanol–water partition coefficient (Wildman–Crippen LogP) is 5.17. The minimum absolute atomic E-state index is 0.279. The number of hydrogen-bond acceptors (Lipinski definition) is 5. The topological polar surface area (TPSA) is 81.1 Å². The fourth-order valence-electron chi connectivity index (χ4n) is 2.92. The van der Waals surface area contributed by atoms with Gasteiger partial charge in [0.05, 0.1) is 21.1 Å². The van der Waals surface area contributed by atoms with Gasteiger partial charge in [0.15, 0.2) is 0 Å². The Bertz CT molecular complexity index is 1260. The van der Waals surface area contributed by atoms with Crippen molar-refractivity contribution in [3.05, 3.63) is 70.5 Å². The van der Waals surface area contributed by atoms with Gasteiger partial charge in [0.25, 0.3) is 5.91 Å². The van der Waals surface area contributed by atoms with Crippen LogP contribution in [0, 0.1) is 0 Å². The van der Waals surface area contributed by atoms with Crippen LogP contribution in [0.3, 0.4) is 0 Å². The average Bonchev–Trinajstić information content (AvgIpc) is 3.05. The molecule has 0 spiro atoms. The van der Waals surface area contributed by atoms with Crippen LogP contribution in [0.2, 0.25) is 10.0 Å². The standard InChI is InChI=1S/C21H17Cl2N5O2/c1-24-20(29)18-11-14(7-8-25-18)30-13-4-6-19-17(10-13)27-21(28(19)2)26-12-3-5-15(22)16(23)9-12/h3-11H,1-2H3,(H,24,29)(H,26,27). The first kappa shape index (κ1) is 20.0. The number of rotatable bonds is 5. The first-order valence-corrected chi connectivity index (χ1v) is 9.75. The average molecular weight is 442 g/mol. The van der Waals surface area contributed by atoms with Crippen LogP contribution in [-0.4, -0.2) is 27.5 Å². The van der Waals surface area contributed by atoms with Gasteiger partial charge >= 0.3 is 0 Å². The quantitative estimate of drug-likeness (QED) is 0.446. The van der Waals surface area contributed by atoms with Crippen molar-refractivity contribution in [1.29, 1.82) is 0 Å². The van der Waals surface area contributed by atoms with Crippen molar-refractivity contribution in [2.24, 2.45) is 7.05 Å². The second-order valence-corrected chi connectivity index (χ2v) is 7.27. The molecule has 9 heteroatoms. The molecule has 0 aliphatic rings. The highest BCUT2D eigenvalue weighted by Crippen LogP contribution is 2.30. The number of aromatic nitrogens is 3. The van der Waals surface area contributed by atoms with Crippen molar-refractivity contribution < 1.29 is 9.53 Å². The molecule has 152 valence electrons. The number of carbonyl (C=O) groups excluding carboxylic acids is 1. The lowest BCUT2D eigenvalue weighted by Crippen LogP contribution is -2.18. The van der Waals surface area contributed by atoms with Gasteiger partial charge in [0.1, 0.15) is 17.2 Å². The second kappa shape index (κ2) is 8.22. The van der Waals surface area contributed by atoms with Gasteiger partial charge in [-0.1, -0.05) is 23.2 Å². The maximum Gasteiger partial charge on any atom is 0.269 e. The number of fused-ring (bicyclic) bond motifs is 1. The van der Waals surface area contributed by atoms with E-state index in [-0.39, 0.29) is 11.6 Å². The number of anilines is 2. The number of hydrogen-bond donors (Lipinski definition) is 2. The smallest absolute Gasteiger partial charge is 0.269 e. The first-order valence-electron chi connectivity index (χ1n) is 8.99. The summed E-state index contributed by atoms with van der Waals surface area (Å²) in [4.78, 5) is 20.4. The number of amides is 1. The van der Waals surface area contributed by atoms with Crippen LogP contribution in [0.5, 0.6) is 11.5 Å². The lowest BCUT2D eigenvalue weighted by atomic mass is 10.3. The summed E-state index contributed by atoms with van der Waals surface area (Å²) < 4.78 is 7.82. The minimum atomic E-state index is -0.279. The maximum absolute atomic E-state index is 11.8. The summed E-state index contributed by atoms with van der Waals surface area (Å²) in [6.45, 7) is 0. The lowest BCUT2D eigenvalue weighted by Gasteiger charge is -2.07. The number of benzene rings is 2. The molecular weight excluding hydrogens is 425 g/mol.